The van der Waals surface area contributed by atoms with Gasteiger partial charge in [-0.25, -0.2) is 9.78 Å². The average Bonchev–Trinajstić information content (AvgIpc) is 3.60. The van der Waals surface area contributed by atoms with Crippen molar-refractivity contribution in [2.45, 2.75) is 46.2 Å². The molecule has 0 aliphatic carbocycles. The van der Waals surface area contributed by atoms with Gasteiger partial charge in [0.25, 0.3) is 5.91 Å². The fourth-order valence-electron chi connectivity index (χ4n) is 4.24. The van der Waals surface area contributed by atoms with Crippen LogP contribution in [0.3, 0.4) is 0 Å². The number of oxazole rings is 1. The Balaban J connectivity index is 1.60. The molecule has 1 aromatic carbocycles. The van der Waals surface area contributed by atoms with Crippen LogP contribution in [0.5, 0.6) is 0 Å². The van der Waals surface area contributed by atoms with Crippen molar-refractivity contribution in [1.29, 1.82) is 0 Å². The van der Waals surface area contributed by atoms with E-state index >= 15 is 0 Å². The average molecular weight is 510 g/mol. The van der Waals surface area contributed by atoms with Crippen LogP contribution >= 0.6 is 0 Å². The summed E-state index contributed by atoms with van der Waals surface area (Å²) in [4.78, 5) is 31.7. The molecule has 2 aromatic heterocycles. The number of rotatable bonds is 11. The van der Waals surface area contributed by atoms with Gasteiger partial charge < -0.3 is 19.2 Å². The maximum absolute atomic E-state index is 13.2. The molecular weight excluding hydrogens is 474 g/mol. The van der Waals surface area contributed by atoms with Crippen molar-refractivity contribution in [2.75, 3.05) is 39.5 Å². The van der Waals surface area contributed by atoms with Gasteiger partial charge in [0.1, 0.15) is 5.69 Å². The number of hydrogen-bond donors (Lipinski definition) is 1. The number of nitrogens with zero attached hydrogens (tertiary/aromatic N) is 4. The summed E-state index contributed by atoms with van der Waals surface area (Å²) < 4.78 is 17.9. The first kappa shape index (κ1) is 26.6. The minimum Gasteiger partial charge on any atom is -0.460 e. The Bertz CT molecular complexity index is 1190. The molecule has 1 fully saturated rings. The van der Waals surface area contributed by atoms with Crippen LogP contribution in [-0.2, 0) is 16.0 Å². The van der Waals surface area contributed by atoms with Crippen LogP contribution in [0.25, 0.3) is 22.7 Å². The summed E-state index contributed by atoms with van der Waals surface area (Å²) in [5.41, 5.74) is 2.71. The summed E-state index contributed by atoms with van der Waals surface area (Å²) in [7, 11) is 0. The van der Waals surface area contributed by atoms with Gasteiger partial charge in [0, 0.05) is 36.8 Å². The van der Waals surface area contributed by atoms with E-state index in [0.29, 0.717) is 29.4 Å². The lowest BCUT2D eigenvalue weighted by molar-refractivity contribution is 0.0358. The van der Waals surface area contributed by atoms with Crippen molar-refractivity contribution in [2.24, 2.45) is 0 Å². The second-order valence-corrected chi connectivity index (χ2v) is 8.91. The van der Waals surface area contributed by atoms with Crippen molar-refractivity contribution < 1.29 is 23.5 Å². The highest BCUT2D eigenvalue weighted by molar-refractivity contribution is 5.94. The molecule has 4 rings (SSSR count). The first-order valence-electron chi connectivity index (χ1n) is 12.9. The van der Waals surface area contributed by atoms with E-state index in [1.807, 2.05) is 30.3 Å². The quantitative estimate of drug-likeness (QED) is 0.390. The molecule has 0 saturated carbocycles. The molecule has 3 aromatic rings. The Labute approximate surface area is 216 Å². The lowest BCUT2D eigenvalue weighted by Crippen LogP contribution is -2.39. The van der Waals surface area contributed by atoms with Gasteiger partial charge in [0.05, 0.1) is 38.3 Å². The van der Waals surface area contributed by atoms with Crippen LogP contribution in [0.2, 0.25) is 0 Å². The third kappa shape index (κ3) is 6.64. The van der Waals surface area contributed by atoms with E-state index in [1.165, 1.54) is 6.20 Å². The SMILES string of the molecule is CCOC(=O)c1cnc(-c2cccc(-c3cc(C(=O)NC(CC)CC)n(CCN4CCOCC4)n3)c2)o1. The summed E-state index contributed by atoms with van der Waals surface area (Å²) in [5.74, 6) is -0.319. The predicted molar refractivity (Wildman–Crippen MR) is 138 cm³/mol. The van der Waals surface area contributed by atoms with Crippen molar-refractivity contribution in [3.8, 4) is 22.7 Å². The number of morpholine rings is 1. The molecule has 198 valence electrons. The van der Waals surface area contributed by atoms with Crippen molar-refractivity contribution in [3.63, 3.8) is 0 Å². The van der Waals surface area contributed by atoms with Crippen LogP contribution in [0, 0.1) is 0 Å². The van der Waals surface area contributed by atoms with E-state index in [0.717, 1.165) is 51.3 Å². The highest BCUT2D eigenvalue weighted by Crippen LogP contribution is 2.26. The fraction of sp³-hybridized carbons (Fsp3) is 0.481. The molecule has 10 heteroatoms. The number of carbonyl (C=O) groups is 2. The smallest absolute Gasteiger partial charge is 0.375 e. The first-order valence-corrected chi connectivity index (χ1v) is 12.9. The Hall–Kier alpha value is -3.50. The van der Waals surface area contributed by atoms with E-state index in [-0.39, 0.29) is 24.3 Å². The second kappa shape index (κ2) is 12.6. The Morgan fingerprint density at radius 2 is 1.84 bits per heavy atom. The largest absolute Gasteiger partial charge is 0.460 e. The minimum absolute atomic E-state index is 0.0509. The van der Waals surface area contributed by atoms with Gasteiger partial charge in [-0.15, -0.1) is 0 Å². The van der Waals surface area contributed by atoms with Gasteiger partial charge in [-0.3, -0.25) is 14.4 Å². The molecular formula is C27H35N5O5. The normalized spacial score (nSPS) is 14.2. The number of hydrogen-bond acceptors (Lipinski definition) is 8. The molecule has 0 atom stereocenters. The highest BCUT2D eigenvalue weighted by atomic mass is 16.5. The number of aromatic nitrogens is 3. The molecule has 1 amide bonds. The van der Waals surface area contributed by atoms with Gasteiger partial charge in [0.15, 0.2) is 0 Å². The molecule has 0 spiro atoms. The van der Waals surface area contributed by atoms with Gasteiger partial charge in [-0.2, -0.15) is 5.10 Å². The van der Waals surface area contributed by atoms with Gasteiger partial charge in [-0.1, -0.05) is 26.0 Å². The van der Waals surface area contributed by atoms with Gasteiger partial charge >= 0.3 is 5.97 Å². The van der Waals surface area contributed by atoms with E-state index in [1.54, 1.807) is 11.6 Å². The number of esters is 1. The number of nitrogens with one attached hydrogen (secondary N) is 1. The number of ether oxygens (including phenoxy) is 2. The fourth-order valence-corrected chi connectivity index (χ4v) is 4.24. The molecule has 1 aliphatic rings. The standard InChI is InChI=1S/C27H35N5O5/c1-4-21(5-2)29-25(33)23-17-22(30-32(23)11-10-31-12-14-35-15-13-31)19-8-7-9-20(16-19)26-28-18-24(37-26)27(34)36-6-3/h7-9,16-18,21H,4-6,10-15H2,1-3H3,(H,29,33). The summed E-state index contributed by atoms with van der Waals surface area (Å²) in [5, 5.41) is 7.94. The zero-order valence-electron chi connectivity index (χ0n) is 21.7. The number of benzene rings is 1. The molecule has 37 heavy (non-hydrogen) atoms. The van der Waals surface area contributed by atoms with Crippen LogP contribution in [0.15, 0.2) is 40.9 Å². The third-order valence-corrected chi connectivity index (χ3v) is 6.45. The number of amides is 1. The minimum atomic E-state index is -0.551. The van der Waals surface area contributed by atoms with Gasteiger partial charge in [-0.05, 0) is 38.0 Å². The molecule has 1 aliphatic heterocycles. The summed E-state index contributed by atoms with van der Waals surface area (Å²) in [6.07, 6.45) is 3.09. The lowest BCUT2D eigenvalue weighted by atomic mass is 10.1. The zero-order valence-corrected chi connectivity index (χ0v) is 21.7. The predicted octanol–water partition coefficient (Wildman–Crippen LogP) is 3.63. The van der Waals surface area contributed by atoms with Crippen molar-refractivity contribution >= 4 is 11.9 Å². The van der Waals surface area contributed by atoms with E-state index in [2.05, 4.69) is 29.0 Å². The highest BCUT2D eigenvalue weighted by Gasteiger charge is 2.21. The van der Waals surface area contributed by atoms with Crippen molar-refractivity contribution in [3.05, 3.63) is 48.0 Å². The molecule has 0 unspecified atom stereocenters. The topological polar surface area (TPSA) is 112 Å². The Morgan fingerprint density at radius 1 is 1.08 bits per heavy atom. The maximum Gasteiger partial charge on any atom is 0.375 e. The van der Waals surface area contributed by atoms with Crippen LogP contribution < -0.4 is 5.32 Å². The molecule has 1 saturated heterocycles. The Kier molecular flexibility index (Phi) is 9.08. The van der Waals surface area contributed by atoms with Crippen LogP contribution in [0.1, 0.15) is 54.7 Å². The molecule has 0 bridgehead atoms. The molecule has 10 nitrogen and oxygen atoms in total. The summed E-state index contributed by atoms with van der Waals surface area (Å²) in [6.45, 7) is 10.7. The second-order valence-electron chi connectivity index (χ2n) is 8.91. The lowest BCUT2D eigenvalue weighted by Gasteiger charge is -2.26. The van der Waals surface area contributed by atoms with Crippen LogP contribution in [-0.4, -0.2) is 77.0 Å². The molecule has 3 heterocycles. The van der Waals surface area contributed by atoms with E-state index in [4.69, 9.17) is 19.0 Å². The maximum atomic E-state index is 13.2. The summed E-state index contributed by atoms with van der Waals surface area (Å²) in [6, 6.07) is 9.47. The first-order chi connectivity index (χ1) is 18.0. The zero-order chi connectivity index (χ0) is 26.2. The molecule has 1 N–H and O–H groups in total. The molecule has 0 radical (unpaired) electrons. The Morgan fingerprint density at radius 3 is 2.57 bits per heavy atom. The van der Waals surface area contributed by atoms with Crippen molar-refractivity contribution in [1.82, 2.24) is 25.0 Å². The summed E-state index contributed by atoms with van der Waals surface area (Å²) >= 11 is 0. The van der Waals surface area contributed by atoms with Gasteiger partial charge in [0.2, 0.25) is 11.7 Å². The van der Waals surface area contributed by atoms with E-state index < -0.39 is 5.97 Å². The third-order valence-electron chi connectivity index (χ3n) is 6.45. The number of carbonyl (C=O) groups excluding carboxylic acids is 2. The van der Waals surface area contributed by atoms with Crippen LogP contribution in [0.4, 0.5) is 0 Å². The van der Waals surface area contributed by atoms with E-state index in [9.17, 15) is 9.59 Å². The monoisotopic (exact) mass is 509 g/mol.